The number of nitrogens with two attached hydrogens (primary N) is 1. The van der Waals surface area contributed by atoms with Crippen molar-refractivity contribution < 1.29 is 9.13 Å². The number of aliphatic imine (C=N–C) groups is 1. The Morgan fingerprint density at radius 3 is 2.76 bits per heavy atom. The summed E-state index contributed by atoms with van der Waals surface area (Å²) < 4.78 is 18.7. The first-order chi connectivity index (χ1) is 9.65. The van der Waals surface area contributed by atoms with Crippen molar-refractivity contribution in [3.63, 3.8) is 0 Å². The minimum atomic E-state index is -0.300. The molecule has 1 atom stereocenters. The van der Waals surface area contributed by atoms with E-state index < -0.39 is 0 Å². The first-order valence-corrected chi connectivity index (χ1v) is 7.12. The van der Waals surface area contributed by atoms with Crippen LogP contribution in [0, 0.1) is 5.82 Å². The van der Waals surface area contributed by atoms with Crippen LogP contribution in [0.5, 0.6) is 5.75 Å². The molecule has 2 N–H and O–H groups in total. The van der Waals surface area contributed by atoms with Gasteiger partial charge in [-0.3, -0.25) is 0 Å². The van der Waals surface area contributed by atoms with Gasteiger partial charge in [0.05, 0.1) is 6.54 Å². The molecule has 0 aliphatic carbocycles. The summed E-state index contributed by atoms with van der Waals surface area (Å²) in [5, 5.41) is 0. The second-order valence-corrected chi connectivity index (χ2v) is 5.13. The minimum Gasteiger partial charge on any atom is -0.489 e. The SMILES string of the molecule is CC(CN=C(N)N1CCCCC1)Oc1cccc(F)c1.I. The summed E-state index contributed by atoms with van der Waals surface area (Å²) in [5.41, 5.74) is 5.97. The highest BCUT2D eigenvalue weighted by Gasteiger charge is 2.12. The van der Waals surface area contributed by atoms with E-state index >= 15 is 0 Å². The zero-order valence-electron chi connectivity index (χ0n) is 12.3. The maximum Gasteiger partial charge on any atom is 0.191 e. The molecule has 1 heterocycles. The number of benzene rings is 1. The maximum absolute atomic E-state index is 13.0. The van der Waals surface area contributed by atoms with Gasteiger partial charge in [-0.15, -0.1) is 24.0 Å². The number of piperidine rings is 1. The van der Waals surface area contributed by atoms with Crippen molar-refractivity contribution in [1.29, 1.82) is 0 Å². The Bertz CT molecular complexity index is 464. The normalized spacial score (nSPS) is 17.0. The third-order valence-electron chi connectivity index (χ3n) is 3.32. The molecule has 0 amide bonds. The molecular formula is C15H23FIN3O. The zero-order valence-corrected chi connectivity index (χ0v) is 14.6. The number of ether oxygens (including phenoxy) is 1. The highest BCUT2D eigenvalue weighted by molar-refractivity contribution is 14.0. The van der Waals surface area contributed by atoms with Gasteiger partial charge in [0.1, 0.15) is 17.7 Å². The monoisotopic (exact) mass is 407 g/mol. The van der Waals surface area contributed by atoms with Gasteiger partial charge >= 0.3 is 0 Å². The molecule has 0 aromatic heterocycles. The third kappa shape index (κ3) is 6.07. The van der Waals surface area contributed by atoms with Crippen LogP contribution in [-0.2, 0) is 0 Å². The number of nitrogens with zero attached hydrogens (tertiary/aromatic N) is 2. The third-order valence-corrected chi connectivity index (χ3v) is 3.32. The Morgan fingerprint density at radius 2 is 2.10 bits per heavy atom. The Kier molecular flexibility index (Phi) is 7.77. The molecule has 1 aliphatic rings. The van der Waals surface area contributed by atoms with Crippen molar-refractivity contribution in [2.45, 2.75) is 32.3 Å². The largest absolute Gasteiger partial charge is 0.489 e. The molecule has 2 rings (SSSR count). The van der Waals surface area contributed by atoms with Crippen molar-refractivity contribution in [3.05, 3.63) is 30.1 Å². The number of likely N-dealkylation sites (tertiary alicyclic amines) is 1. The molecule has 0 radical (unpaired) electrons. The topological polar surface area (TPSA) is 50.8 Å². The Balaban J connectivity index is 0.00000220. The van der Waals surface area contributed by atoms with Crippen molar-refractivity contribution >= 4 is 29.9 Å². The molecule has 21 heavy (non-hydrogen) atoms. The number of hydrogen-bond acceptors (Lipinski definition) is 2. The van der Waals surface area contributed by atoms with Gasteiger partial charge in [0.15, 0.2) is 5.96 Å². The quantitative estimate of drug-likeness (QED) is 0.474. The lowest BCUT2D eigenvalue weighted by atomic mass is 10.1. The minimum absolute atomic E-state index is 0. The molecule has 0 bridgehead atoms. The van der Waals surface area contributed by atoms with Crippen molar-refractivity contribution in [2.24, 2.45) is 10.7 Å². The molecule has 1 saturated heterocycles. The maximum atomic E-state index is 13.0. The van der Waals surface area contributed by atoms with Crippen LogP contribution in [0.1, 0.15) is 26.2 Å². The van der Waals surface area contributed by atoms with Gasteiger partial charge < -0.3 is 15.4 Å². The smallest absolute Gasteiger partial charge is 0.191 e. The van der Waals surface area contributed by atoms with E-state index in [1.54, 1.807) is 12.1 Å². The lowest BCUT2D eigenvalue weighted by Crippen LogP contribution is -2.41. The van der Waals surface area contributed by atoms with Gasteiger partial charge in [0, 0.05) is 19.2 Å². The molecule has 0 saturated carbocycles. The predicted molar refractivity (Wildman–Crippen MR) is 93.8 cm³/mol. The van der Waals surface area contributed by atoms with E-state index in [9.17, 15) is 4.39 Å². The van der Waals surface area contributed by atoms with Crippen LogP contribution in [0.2, 0.25) is 0 Å². The standard InChI is InChI=1S/C15H22FN3O.HI/c1-12(20-14-7-5-6-13(16)10-14)11-18-15(17)19-8-3-2-4-9-19;/h5-7,10,12H,2-4,8-9,11H2,1H3,(H2,17,18);1H. The molecule has 6 heteroatoms. The Morgan fingerprint density at radius 1 is 1.38 bits per heavy atom. The number of rotatable bonds is 4. The van der Waals surface area contributed by atoms with Crippen LogP contribution in [0.15, 0.2) is 29.3 Å². The Labute approximate surface area is 142 Å². The Hall–Kier alpha value is -1.05. The highest BCUT2D eigenvalue weighted by Crippen LogP contribution is 2.14. The van der Waals surface area contributed by atoms with E-state index in [1.165, 1.54) is 31.4 Å². The van der Waals surface area contributed by atoms with Crippen molar-refractivity contribution in [1.82, 2.24) is 4.90 Å². The fourth-order valence-corrected chi connectivity index (χ4v) is 2.25. The van der Waals surface area contributed by atoms with Gasteiger partial charge in [0.2, 0.25) is 0 Å². The van der Waals surface area contributed by atoms with Crippen molar-refractivity contribution in [3.8, 4) is 5.75 Å². The average molecular weight is 407 g/mol. The first kappa shape index (κ1) is 18.0. The highest BCUT2D eigenvalue weighted by atomic mass is 127. The molecule has 1 aromatic carbocycles. The summed E-state index contributed by atoms with van der Waals surface area (Å²) >= 11 is 0. The van der Waals surface area contributed by atoms with Gasteiger partial charge in [0.25, 0.3) is 0 Å². The summed E-state index contributed by atoms with van der Waals surface area (Å²) in [6.07, 6.45) is 3.47. The van der Waals surface area contributed by atoms with E-state index in [0.717, 1.165) is 13.1 Å². The molecular weight excluding hydrogens is 384 g/mol. The predicted octanol–water partition coefficient (Wildman–Crippen LogP) is 3.01. The molecule has 1 aliphatic heterocycles. The van der Waals surface area contributed by atoms with Crippen LogP contribution in [0.25, 0.3) is 0 Å². The fraction of sp³-hybridized carbons (Fsp3) is 0.533. The van der Waals surface area contributed by atoms with E-state index in [1.807, 2.05) is 6.92 Å². The molecule has 1 fully saturated rings. The molecule has 0 spiro atoms. The lowest BCUT2D eigenvalue weighted by molar-refractivity contribution is 0.228. The summed E-state index contributed by atoms with van der Waals surface area (Å²) in [7, 11) is 0. The van der Waals surface area contributed by atoms with E-state index in [-0.39, 0.29) is 35.9 Å². The summed E-state index contributed by atoms with van der Waals surface area (Å²) in [6.45, 7) is 4.33. The van der Waals surface area contributed by atoms with Gasteiger partial charge in [-0.25, -0.2) is 9.38 Å². The van der Waals surface area contributed by atoms with Crippen LogP contribution in [0.3, 0.4) is 0 Å². The average Bonchev–Trinajstić information content (AvgIpc) is 2.46. The lowest BCUT2D eigenvalue weighted by Gasteiger charge is -2.27. The molecule has 4 nitrogen and oxygen atoms in total. The van der Waals surface area contributed by atoms with Gasteiger partial charge in [-0.05, 0) is 38.3 Å². The van der Waals surface area contributed by atoms with Gasteiger partial charge in [-0.2, -0.15) is 0 Å². The molecule has 1 unspecified atom stereocenters. The van der Waals surface area contributed by atoms with Gasteiger partial charge in [-0.1, -0.05) is 6.07 Å². The van der Waals surface area contributed by atoms with E-state index in [0.29, 0.717) is 18.3 Å². The molecule has 1 aromatic rings. The van der Waals surface area contributed by atoms with Crippen LogP contribution in [0.4, 0.5) is 4.39 Å². The number of guanidine groups is 1. The second-order valence-electron chi connectivity index (χ2n) is 5.13. The van der Waals surface area contributed by atoms with E-state index in [4.69, 9.17) is 10.5 Å². The van der Waals surface area contributed by atoms with E-state index in [2.05, 4.69) is 9.89 Å². The zero-order chi connectivity index (χ0) is 14.4. The van der Waals surface area contributed by atoms with Crippen molar-refractivity contribution in [2.75, 3.05) is 19.6 Å². The first-order valence-electron chi connectivity index (χ1n) is 7.12. The molecule has 118 valence electrons. The fourth-order valence-electron chi connectivity index (χ4n) is 2.25. The van der Waals surface area contributed by atoms with Crippen LogP contribution < -0.4 is 10.5 Å². The number of hydrogen-bond donors (Lipinski definition) is 1. The van der Waals surface area contributed by atoms with Crippen LogP contribution in [-0.4, -0.2) is 36.6 Å². The second kappa shape index (κ2) is 9.07. The summed E-state index contributed by atoms with van der Waals surface area (Å²) in [5.74, 6) is 0.801. The van der Waals surface area contributed by atoms with Crippen LogP contribution >= 0.6 is 24.0 Å². The number of halogens is 2. The summed E-state index contributed by atoms with van der Waals surface area (Å²) in [4.78, 5) is 6.48. The summed E-state index contributed by atoms with van der Waals surface area (Å²) in [6, 6.07) is 6.12.